The number of hydrogen-bond donors (Lipinski definition) is 0. The van der Waals surface area contributed by atoms with E-state index >= 15 is 0 Å². The van der Waals surface area contributed by atoms with Crippen LogP contribution in [0, 0.1) is 17.2 Å². The first-order valence-electron chi connectivity index (χ1n) is 8.56. The number of nitrogens with zero attached hydrogens (tertiary/aromatic N) is 3. The Morgan fingerprint density at radius 1 is 1.20 bits per heavy atom. The van der Waals surface area contributed by atoms with Crippen LogP contribution in [0.5, 0.6) is 0 Å². The van der Waals surface area contributed by atoms with Crippen molar-refractivity contribution < 1.29 is 4.74 Å². The predicted molar refractivity (Wildman–Crippen MR) is 102 cm³/mol. The predicted octanol–water partition coefficient (Wildman–Crippen LogP) is 5.26. The molecule has 134 valence electrons. The fraction of sp³-hybridized carbons (Fsp3) is 0.556. The lowest BCUT2D eigenvalue weighted by Gasteiger charge is -2.33. The molecule has 0 aromatic carbocycles. The number of ether oxygens (including phenoxy) is 1. The number of nitriles is 1. The lowest BCUT2D eigenvalue weighted by molar-refractivity contribution is 0.115. The Morgan fingerprint density at radius 2 is 2.04 bits per heavy atom. The molecule has 2 atom stereocenters. The monoisotopic (exact) mass is 399 g/mol. The maximum absolute atomic E-state index is 9.58. The summed E-state index contributed by atoms with van der Waals surface area (Å²) in [6, 6.07) is 2.14. The van der Waals surface area contributed by atoms with Crippen molar-refractivity contribution in [3.63, 3.8) is 0 Å². The zero-order valence-electron chi connectivity index (χ0n) is 13.9. The number of rotatable bonds is 5. The molecule has 1 aliphatic heterocycles. The van der Waals surface area contributed by atoms with Gasteiger partial charge in [-0.1, -0.05) is 47.0 Å². The van der Waals surface area contributed by atoms with Crippen molar-refractivity contribution >= 4 is 40.5 Å². The Morgan fingerprint density at radius 3 is 2.68 bits per heavy atom. The average molecular weight is 401 g/mol. The molecule has 0 bridgehead atoms. The molecular formula is C18H20Cl3N3O. The van der Waals surface area contributed by atoms with Gasteiger partial charge in [-0.3, -0.25) is 0 Å². The van der Waals surface area contributed by atoms with E-state index in [1.54, 1.807) is 0 Å². The molecule has 0 amide bonds. The van der Waals surface area contributed by atoms with Gasteiger partial charge in [0.1, 0.15) is 16.7 Å². The lowest BCUT2D eigenvalue weighted by atomic mass is 9.93. The van der Waals surface area contributed by atoms with Gasteiger partial charge in [0.2, 0.25) is 0 Å². The van der Waals surface area contributed by atoms with E-state index in [9.17, 15) is 5.26 Å². The highest BCUT2D eigenvalue weighted by molar-refractivity contribution is 6.44. The van der Waals surface area contributed by atoms with E-state index in [1.165, 1.54) is 0 Å². The summed E-state index contributed by atoms with van der Waals surface area (Å²) < 4.78 is 5.80. The summed E-state index contributed by atoms with van der Waals surface area (Å²) in [5, 5.41) is 10.1. The number of anilines is 1. The van der Waals surface area contributed by atoms with Gasteiger partial charge in [0.15, 0.2) is 10.3 Å². The van der Waals surface area contributed by atoms with Crippen molar-refractivity contribution in [2.45, 2.75) is 38.2 Å². The number of allylic oxidation sites excluding steroid dienone is 2. The molecule has 1 aromatic heterocycles. The van der Waals surface area contributed by atoms with Gasteiger partial charge in [-0.15, -0.1) is 0 Å². The van der Waals surface area contributed by atoms with Crippen LogP contribution in [0.1, 0.15) is 37.7 Å². The molecule has 2 heterocycles. The smallest absolute Gasteiger partial charge is 0.151 e. The Balaban J connectivity index is 1.95. The minimum atomic E-state index is 0.0905. The van der Waals surface area contributed by atoms with Crippen LogP contribution in [0.2, 0.25) is 15.3 Å². The Bertz CT molecular complexity index is 696. The quantitative estimate of drug-likeness (QED) is 0.500. The second-order valence-electron chi connectivity index (χ2n) is 6.53. The van der Waals surface area contributed by atoms with Gasteiger partial charge in [0.05, 0.1) is 11.8 Å². The molecule has 1 aromatic rings. The van der Waals surface area contributed by atoms with Gasteiger partial charge in [-0.05, 0) is 38.0 Å². The van der Waals surface area contributed by atoms with Crippen molar-refractivity contribution in [3.8, 4) is 6.07 Å². The zero-order valence-corrected chi connectivity index (χ0v) is 16.1. The van der Waals surface area contributed by atoms with Crippen molar-refractivity contribution in [1.29, 1.82) is 5.26 Å². The molecule has 0 unspecified atom stereocenters. The summed E-state index contributed by atoms with van der Waals surface area (Å²) in [4.78, 5) is 6.10. The molecule has 25 heavy (non-hydrogen) atoms. The van der Waals surface area contributed by atoms with Crippen LogP contribution in [0.15, 0.2) is 12.2 Å². The third-order valence-corrected chi connectivity index (χ3v) is 5.76. The molecule has 4 nitrogen and oxygen atoms in total. The highest BCUT2D eigenvalue weighted by Gasteiger charge is 2.28. The van der Waals surface area contributed by atoms with E-state index in [0.717, 1.165) is 45.3 Å². The fourth-order valence-electron chi connectivity index (χ4n) is 3.52. The highest BCUT2D eigenvalue weighted by Crippen LogP contribution is 2.39. The zero-order chi connectivity index (χ0) is 17.8. The first kappa shape index (κ1) is 18.8. The van der Waals surface area contributed by atoms with E-state index in [-0.39, 0.29) is 27.0 Å². The summed E-state index contributed by atoms with van der Waals surface area (Å²) in [5.74, 6) is 0.500. The van der Waals surface area contributed by atoms with Crippen LogP contribution in [-0.4, -0.2) is 30.8 Å². The molecule has 1 saturated heterocycles. The second kappa shape index (κ2) is 8.60. The molecular weight excluding hydrogens is 381 g/mol. The summed E-state index contributed by atoms with van der Waals surface area (Å²) in [5.41, 5.74) is 0.861. The Hall–Kier alpha value is -0.990. The maximum atomic E-state index is 9.58. The van der Waals surface area contributed by atoms with Crippen LogP contribution in [0.25, 0.3) is 0 Å². The fourth-order valence-corrected chi connectivity index (χ4v) is 4.21. The summed E-state index contributed by atoms with van der Waals surface area (Å²) >= 11 is 18.8. The maximum Gasteiger partial charge on any atom is 0.151 e. The van der Waals surface area contributed by atoms with Gasteiger partial charge < -0.3 is 9.64 Å². The average Bonchev–Trinajstić information content (AvgIpc) is 3.11. The summed E-state index contributed by atoms with van der Waals surface area (Å²) in [7, 11) is 0. The number of aromatic nitrogens is 1. The summed E-state index contributed by atoms with van der Waals surface area (Å²) in [6.07, 6.45) is 9.85. The van der Waals surface area contributed by atoms with Gasteiger partial charge in [0, 0.05) is 19.7 Å². The van der Waals surface area contributed by atoms with E-state index in [4.69, 9.17) is 39.5 Å². The molecule has 7 heteroatoms. The molecule has 0 saturated carbocycles. The Labute approximate surface area is 163 Å². The van der Waals surface area contributed by atoms with Gasteiger partial charge in [0.25, 0.3) is 0 Å². The topological polar surface area (TPSA) is 49.2 Å². The number of hydrogen-bond acceptors (Lipinski definition) is 4. The summed E-state index contributed by atoms with van der Waals surface area (Å²) in [6.45, 7) is 2.24. The minimum Gasteiger partial charge on any atom is -0.376 e. The van der Waals surface area contributed by atoms with E-state index < -0.39 is 0 Å². The standard InChI is InChI=1S/C18H20Cl3N3O/c19-15-16(14(9-22)17(20)23-18(15)21)24(11-13-7-4-8-25-13)10-12-5-2-1-3-6-12/h1-2,12-13H,3-8,10-11H2/t12-,13+/m0/s1. The lowest BCUT2D eigenvalue weighted by Crippen LogP contribution is -2.37. The third-order valence-electron chi connectivity index (χ3n) is 4.76. The molecule has 2 aliphatic rings. The number of halogens is 3. The third kappa shape index (κ3) is 4.41. The first-order valence-corrected chi connectivity index (χ1v) is 9.69. The van der Waals surface area contributed by atoms with Crippen molar-refractivity contribution in [1.82, 2.24) is 4.98 Å². The molecule has 1 fully saturated rings. The molecule has 0 spiro atoms. The second-order valence-corrected chi connectivity index (χ2v) is 7.63. The van der Waals surface area contributed by atoms with Crippen LogP contribution in [0.4, 0.5) is 5.69 Å². The van der Waals surface area contributed by atoms with Crippen LogP contribution >= 0.6 is 34.8 Å². The normalized spacial score (nSPS) is 22.8. The number of pyridine rings is 1. The van der Waals surface area contributed by atoms with Crippen LogP contribution in [-0.2, 0) is 4.74 Å². The van der Waals surface area contributed by atoms with Crippen LogP contribution in [0.3, 0.4) is 0 Å². The largest absolute Gasteiger partial charge is 0.376 e. The van der Waals surface area contributed by atoms with Gasteiger partial charge in [-0.2, -0.15) is 5.26 Å². The van der Waals surface area contributed by atoms with Gasteiger partial charge >= 0.3 is 0 Å². The van der Waals surface area contributed by atoms with Gasteiger partial charge in [-0.25, -0.2) is 4.98 Å². The van der Waals surface area contributed by atoms with Crippen molar-refractivity contribution in [2.24, 2.45) is 5.92 Å². The SMILES string of the molecule is N#Cc1c(Cl)nc(Cl)c(Cl)c1N(C[C@H]1CC=CCC1)C[C@H]1CCCO1. The first-order chi connectivity index (χ1) is 12.1. The molecule has 0 N–H and O–H groups in total. The highest BCUT2D eigenvalue weighted by atomic mass is 35.5. The molecule has 0 radical (unpaired) electrons. The van der Waals surface area contributed by atoms with Crippen LogP contribution < -0.4 is 4.90 Å². The Kier molecular flexibility index (Phi) is 6.46. The minimum absolute atomic E-state index is 0.0905. The van der Waals surface area contributed by atoms with E-state index in [2.05, 4.69) is 28.1 Å². The molecule has 1 aliphatic carbocycles. The van der Waals surface area contributed by atoms with Crippen molar-refractivity contribution in [2.75, 3.05) is 24.6 Å². The van der Waals surface area contributed by atoms with E-state index in [0.29, 0.717) is 18.2 Å². The van der Waals surface area contributed by atoms with Crippen molar-refractivity contribution in [3.05, 3.63) is 33.0 Å². The molecule has 3 rings (SSSR count). The van der Waals surface area contributed by atoms with E-state index in [1.807, 2.05) is 0 Å².